The standard InChI is InChI=1S/C15H17F2NO3/c1-20-12-7-6-11(9-13(12)21-15(16)17)18-14(19)8-10-4-2-3-5-10/h2,4,6-7,9-10,15H,3,5,8H2,1H3,(H,18,19). The van der Waals surface area contributed by atoms with Crippen LogP contribution < -0.4 is 14.8 Å². The number of allylic oxidation sites excluding steroid dienone is 2. The van der Waals surface area contributed by atoms with Crippen molar-refractivity contribution >= 4 is 11.6 Å². The molecule has 1 aromatic rings. The molecule has 0 radical (unpaired) electrons. The third-order valence-corrected chi connectivity index (χ3v) is 3.22. The summed E-state index contributed by atoms with van der Waals surface area (Å²) in [6, 6.07) is 4.38. The summed E-state index contributed by atoms with van der Waals surface area (Å²) < 4.78 is 34.0. The zero-order chi connectivity index (χ0) is 15.2. The Hall–Kier alpha value is -2.11. The SMILES string of the molecule is COc1ccc(NC(=O)CC2C=CCC2)cc1OC(F)F. The van der Waals surface area contributed by atoms with Gasteiger partial charge in [0.15, 0.2) is 11.5 Å². The van der Waals surface area contributed by atoms with Crippen molar-refractivity contribution in [3.63, 3.8) is 0 Å². The number of halogens is 2. The summed E-state index contributed by atoms with van der Waals surface area (Å²) in [4.78, 5) is 11.9. The summed E-state index contributed by atoms with van der Waals surface area (Å²) in [7, 11) is 1.36. The average Bonchev–Trinajstić information content (AvgIpc) is 2.91. The van der Waals surface area contributed by atoms with Crippen LogP contribution in [0.3, 0.4) is 0 Å². The van der Waals surface area contributed by atoms with Crippen LogP contribution in [0.4, 0.5) is 14.5 Å². The number of nitrogens with one attached hydrogen (secondary N) is 1. The second kappa shape index (κ2) is 7.06. The van der Waals surface area contributed by atoms with Gasteiger partial charge in [0, 0.05) is 18.2 Å². The topological polar surface area (TPSA) is 47.6 Å². The Balaban J connectivity index is 2.01. The zero-order valence-electron chi connectivity index (χ0n) is 11.6. The van der Waals surface area contributed by atoms with E-state index in [-0.39, 0.29) is 23.3 Å². The number of hydrogen-bond donors (Lipinski definition) is 1. The molecule has 0 spiro atoms. The molecule has 0 saturated carbocycles. The van der Waals surface area contributed by atoms with Gasteiger partial charge in [-0.05, 0) is 30.9 Å². The van der Waals surface area contributed by atoms with E-state index < -0.39 is 6.61 Å². The molecule has 1 aliphatic carbocycles. The highest BCUT2D eigenvalue weighted by Crippen LogP contribution is 2.31. The summed E-state index contributed by atoms with van der Waals surface area (Å²) in [5, 5.41) is 2.68. The van der Waals surface area contributed by atoms with Gasteiger partial charge in [0.25, 0.3) is 0 Å². The van der Waals surface area contributed by atoms with Gasteiger partial charge in [0.1, 0.15) is 0 Å². The normalized spacial score (nSPS) is 17.0. The fraction of sp³-hybridized carbons (Fsp3) is 0.400. The van der Waals surface area contributed by atoms with Gasteiger partial charge in [0.2, 0.25) is 5.91 Å². The number of ether oxygens (including phenoxy) is 2. The molecule has 1 aliphatic rings. The van der Waals surface area contributed by atoms with Gasteiger partial charge in [-0.1, -0.05) is 12.2 Å². The highest BCUT2D eigenvalue weighted by Gasteiger charge is 2.16. The minimum absolute atomic E-state index is 0.105. The number of carbonyl (C=O) groups is 1. The molecule has 0 aliphatic heterocycles. The second-order valence-electron chi connectivity index (χ2n) is 4.76. The summed E-state index contributed by atoms with van der Waals surface area (Å²) >= 11 is 0. The molecule has 1 amide bonds. The molecule has 0 bridgehead atoms. The molecular formula is C15H17F2NO3. The van der Waals surface area contributed by atoms with E-state index in [4.69, 9.17) is 4.74 Å². The first-order valence-electron chi connectivity index (χ1n) is 6.68. The highest BCUT2D eigenvalue weighted by molar-refractivity contribution is 5.91. The van der Waals surface area contributed by atoms with Crippen molar-refractivity contribution in [2.24, 2.45) is 5.92 Å². The third kappa shape index (κ3) is 4.44. The smallest absolute Gasteiger partial charge is 0.387 e. The van der Waals surface area contributed by atoms with Crippen molar-refractivity contribution in [1.29, 1.82) is 0 Å². The monoisotopic (exact) mass is 297 g/mol. The highest BCUT2D eigenvalue weighted by atomic mass is 19.3. The minimum Gasteiger partial charge on any atom is -0.493 e. The van der Waals surface area contributed by atoms with E-state index in [9.17, 15) is 13.6 Å². The Morgan fingerprint density at radius 1 is 1.43 bits per heavy atom. The fourth-order valence-corrected chi connectivity index (χ4v) is 2.26. The fourth-order valence-electron chi connectivity index (χ4n) is 2.26. The van der Waals surface area contributed by atoms with E-state index in [0.29, 0.717) is 12.1 Å². The van der Waals surface area contributed by atoms with Crippen LogP contribution in [-0.4, -0.2) is 19.6 Å². The average molecular weight is 297 g/mol. The quantitative estimate of drug-likeness (QED) is 0.816. The van der Waals surface area contributed by atoms with Gasteiger partial charge < -0.3 is 14.8 Å². The molecule has 0 heterocycles. The van der Waals surface area contributed by atoms with Crippen LogP contribution in [0, 0.1) is 5.92 Å². The van der Waals surface area contributed by atoms with Crippen molar-refractivity contribution in [2.75, 3.05) is 12.4 Å². The maximum absolute atomic E-state index is 12.3. The molecular weight excluding hydrogens is 280 g/mol. The number of alkyl halides is 2. The lowest BCUT2D eigenvalue weighted by molar-refractivity contribution is -0.116. The van der Waals surface area contributed by atoms with Gasteiger partial charge in [-0.2, -0.15) is 8.78 Å². The molecule has 0 fully saturated rings. The van der Waals surface area contributed by atoms with Crippen LogP contribution in [0.2, 0.25) is 0 Å². The van der Waals surface area contributed by atoms with E-state index in [1.165, 1.54) is 19.2 Å². The number of hydrogen-bond acceptors (Lipinski definition) is 3. The predicted molar refractivity (Wildman–Crippen MR) is 74.7 cm³/mol. The van der Waals surface area contributed by atoms with Crippen LogP contribution in [0.1, 0.15) is 19.3 Å². The number of amides is 1. The maximum Gasteiger partial charge on any atom is 0.387 e. The first kappa shape index (κ1) is 15.3. The lowest BCUT2D eigenvalue weighted by Crippen LogP contribution is -2.15. The van der Waals surface area contributed by atoms with Gasteiger partial charge in [-0.25, -0.2) is 0 Å². The number of carbonyl (C=O) groups excluding carboxylic acids is 1. The number of benzene rings is 1. The lowest BCUT2D eigenvalue weighted by atomic mass is 10.1. The van der Waals surface area contributed by atoms with E-state index >= 15 is 0 Å². The molecule has 1 atom stereocenters. The number of methoxy groups -OCH3 is 1. The van der Waals surface area contributed by atoms with Gasteiger partial charge in [0.05, 0.1) is 7.11 Å². The summed E-state index contributed by atoms with van der Waals surface area (Å²) in [5.74, 6) is 0.179. The summed E-state index contributed by atoms with van der Waals surface area (Å²) in [6.45, 7) is -2.95. The van der Waals surface area contributed by atoms with E-state index in [1.54, 1.807) is 6.07 Å². The van der Waals surface area contributed by atoms with Crippen molar-refractivity contribution < 1.29 is 23.0 Å². The van der Waals surface area contributed by atoms with Gasteiger partial charge >= 0.3 is 6.61 Å². The number of anilines is 1. The molecule has 6 heteroatoms. The maximum atomic E-state index is 12.3. The predicted octanol–water partition coefficient (Wildman–Crippen LogP) is 3.59. The van der Waals surface area contributed by atoms with Crippen molar-refractivity contribution in [2.45, 2.75) is 25.9 Å². The van der Waals surface area contributed by atoms with E-state index in [0.717, 1.165) is 12.8 Å². The number of rotatable bonds is 6. The molecule has 1 aromatic carbocycles. The van der Waals surface area contributed by atoms with Crippen LogP contribution in [-0.2, 0) is 4.79 Å². The lowest BCUT2D eigenvalue weighted by Gasteiger charge is -2.13. The van der Waals surface area contributed by atoms with Crippen molar-refractivity contribution in [1.82, 2.24) is 0 Å². The van der Waals surface area contributed by atoms with Crippen LogP contribution in [0.15, 0.2) is 30.4 Å². The largest absolute Gasteiger partial charge is 0.493 e. The van der Waals surface area contributed by atoms with Crippen molar-refractivity contribution in [3.05, 3.63) is 30.4 Å². The van der Waals surface area contributed by atoms with Gasteiger partial charge in [-0.3, -0.25) is 4.79 Å². The second-order valence-corrected chi connectivity index (χ2v) is 4.76. The first-order chi connectivity index (χ1) is 10.1. The Labute approximate surface area is 121 Å². The Kier molecular flexibility index (Phi) is 5.14. The summed E-state index contributed by atoms with van der Waals surface area (Å²) in [5.41, 5.74) is 0.401. The minimum atomic E-state index is -2.95. The zero-order valence-corrected chi connectivity index (χ0v) is 11.6. The Morgan fingerprint density at radius 2 is 2.24 bits per heavy atom. The molecule has 114 valence electrons. The summed E-state index contributed by atoms with van der Waals surface area (Å²) in [6.07, 6.45) is 6.43. The first-order valence-corrected chi connectivity index (χ1v) is 6.68. The molecule has 0 aromatic heterocycles. The van der Waals surface area contributed by atoms with Crippen LogP contribution in [0.5, 0.6) is 11.5 Å². The van der Waals surface area contributed by atoms with Gasteiger partial charge in [-0.15, -0.1) is 0 Å². The molecule has 21 heavy (non-hydrogen) atoms. The molecule has 0 saturated heterocycles. The van der Waals surface area contributed by atoms with Crippen molar-refractivity contribution in [3.8, 4) is 11.5 Å². The Morgan fingerprint density at radius 3 is 2.86 bits per heavy atom. The van der Waals surface area contributed by atoms with E-state index in [1.807, 2.05) is 6.08 Å². The van der Waals surface area contributed by atoms with E-state index in [2.05, 4.69) is 16.1 Å². The molecule has 2 rings (SSSR count). The molecule has 1 N–H and O–H groups in total. The van der Waals surface area contributed by atoms with Crippen LogP contribution in [0.25, 0.3) is 0 Å². The third-order valence-electron chi connectivity index (χ3n) is 3.22. The molecule has 1 unspecified atom stereocenters. The Bertz CT molecular complexity index is 532. The van der Waals surface area contributed by atoms with Crippen LogP contribution >= 0.6 is 0 Å². The molecule has 4 nitrogen and oxygen atoms in total.